The van der Waals surface area contributed by atoms with Crippen molar-refractivity contribution in [3.63, 3.8) is 0 Å². The Morgan fingerprint density at radius 2 is 2.06 bits per heavy atom. The molecular formula is C14H25N3O. The van der Waals surface area contributed by atoms with Crippen LogP contribution < -0.4 is 0 Å². The first-order valence-electron chi connectivity index (χ1n) is 6.81. The maximum atomic E-state index is 10.7. The van der Waals surface area contributed by atoms with Crippen LogP contribution in [0.4, 0.5) is 0 Å². The first-order valence-corrected chi connectivity index (χ1v) is 6.81. The van der Waals surface area contributed by atoms with Crippen molar-refractivity contribution in [3.05, 3.63) is 17.5 Å². The van der Waals surface area contributed by atoms with Gasteiger partial charge in [-0.3, -0.25) is 4.68 Å². The number of aryl methyl sites for hydroxylation is 2. The maximum Gasteiger partial charge on any atom is 0.0778 e. The highest BCUT2D eigenvalue weighted by molar-refractivity contribution is 5.12. The molecule has 102 valence electrons. The lowest BCUT2D eigenvalue weighted by Gasteiger charge is -2.40. The number of rotatable bonds is 4. The monoisotopic (exact) mass is 251 g/mol. The van der Waals surface area contributed by atoms with Gasteiger partial charge in [0, 0.05) is 24.7 Å². The summed E-state index contributed by atoms with van der Waals surface area (Å²) in [5, 5.41) is 15.0. The van der Waals surface area contributed by atoms with Gasteiger partial charge in [0.05, 0.1) is 11.8 Å². The maximum absolute atomic E-state index is 10.7. The minimum Gasteiger partial charge on any atom is -0.391 e. The molecule has 1 aliphatic carbocycles. The summed E-state index contributed by atoms with van der Waals surface area (Å²) < 4.78 is 1.89. The normalized spacial score (nSPS) is 20.6. The van der Waals surface area contributed by atoms with Gasteiger partial charge in [-0.05, 0) is 39.9 Å². The summed E-state index contributed by atoms with van der Waals surface area (Å²) >= 11 is 0. The second kappa shape index (κ2) is 5.02. The second-order valence-corrected chi connectivity index (χ2v) is 5.83. The average Bonchev–Trinajstić information content (AvgIpc) is 2.87. The van der Waals surface area contributed by atoms with Crippen molar-refractivity contribution < 1.29 is 5.11 Å². The first-order chi connectivity index (χ1) is 8.45. The number of nitrogens with zero attached hydrogens (tertiary/aromatic N) is 3. The largest absolute Gasteiger partial charge is 0.391 e. The number of aliphatic hydroxyl groups excluding tert-OH is 1. The molecule has 1 heterocycles. The highest BCUT2D eigenvalue weighted by Crippen LogP contribution is 2.37. The minimum absolute atomic E-state index is 0.0435. The summed E-state index contributed by atoms with van der Waals surface area (Å²) in [4.78, 5) is 2.22. The highest BCUT2D eigenvalue weighted by Gasteiger charge is 2.42. The SMILES string of the molecule is Cc1cc(CC(O)C2(N(C)C)CCCC2)n(C)n1. The van der Waals surface area contributed by atoms with Crippen molar-refractivity contribution in [2.45, 2.75) is 50.7 Å². The van der Waals surface area contributed by atoms with Crippen LogP contribution in [0.2, 0.25) is 0 Å². The molecule has 1 fully saturated rings. The molecule has 0 bridgehead atoms. The van der Waals surface area contributed by atoms with Gasteiger partial charge in [-0.15, -0.1) is 0 Å². The lowest BCUT2D eigenvalue weighted by Crippen LogP contribution is -2.52. The molecule has 1 atom stereocenters. The highest BCUT2D eigenvalue weighted by atomic mass is 16.3. The van der Waals surface area contributed by atoms with Crippen LogP contribution in [0.1, 0.15) is 37.1 Å². The van der Waals surface area contributed by atoms with Crippen LogP contribution in [0, 0.1) is 6.92 Å². The Balaban J connectivity index is 2.15. The third-order valence-electron chi connectivity index (χ3n) is 4.48. The van der Waals surface area contributed by atoms with E-state index >= 15 is 0 Å². The van der Waals surface area contributed by atoms with E-state index in [0.717, 1.165) is 24.2 Å². The molecule has 1 unspecified atom stereocenters. The molecule has 1 aromatic rings. The van der Waals surface area contributed by atoms with E-state index in [-0.39, 0.29) is 11.6 Å². The molecule has 1 saturated carbocycles. The van der Waals surface area contributed by atoms with Gasteiger partial charge >= 0.3 is 0 Å². The molecule has 4 heteroatoms. The standard InChI is InChI=1S/C14H25N3O/c1-11-9-12(17(4)15-11)10-13(18)14(16(2)3)7-5-6-8-14/h9,13,18H,5-8,10H2,1-4H3. The molecule has 0 aliphatic heterocycles. The van der Waals surface area contributed by atoms with Crippen LogP contribution in [0.15, 0.2) is 6.07 Å². The van der Waals surface area contributed by atoms with Gasteiger partial charge in [0.1, 0.15) is 0 Å². The Hall–Kier alpha value is -0.870. The second-order valence-electron chi connectivity index (χ2n) is 5.83. The van der Waals surface area contributed by atoms with Crippen LogP contribution in [-0.2, 0) is 13.5 Å². The van der Waals surface area contributed by atoms with Gasteiger partial charge in [-0.1, -0.05) is 12.8 Å². The summed E-state index contributed by atoms with van der Waals surface area (Å²) in [5.41, 5.74) is 2.09. The van der Waals surface area contributed by atoms with Crippen molar-refractivity contribution in [1.29, 1.82) is 0 Å². The topological polar surface area (TPSA) is 41.3 Å². The molecule has 2 rings (SSSR count). The molecule has 0 amide bonds. The third-order valence-corrected chi connectivity index (χ3v) is 4.48. The molecule has 18 heavy (non-hydrogen) atoms. The number of hydrogen-bond donors (Lipinski definition) is 1. The molecule has 1 aromatic heterocycles. The zero-order chi connectivity index (χ0) is 13.3. The smallest absolute Gasteiger partial charge is 0.0778 e. The van der Waals surface area contributed by atoms with Gasteiger partial charge in [0.25, 0.3) is 0 Å². The zero-order valence-electron chi connectivity index (χ0n) is 12.0. The van der Waals surface area contributed by atoms with Crippen molar-refractivity contribution in [2.75, 3.05) is 14.1 Å². The number of aliphatic hydroxyl groups is 1. The number of hydrogen-bond acceptors (Lipinski definition) is 3. The van der Waals surface area contributed by atoms with Crippen LogP contribution in [0.3, 0.4) is 0 Å². The van der Waals surface area contributed by atoms with Gasteiger partial charge in [-0.25, -0.2) is 0 Å². The zero-order valence-corrected chi connectivity index (χ0v) is 12.0. The van der Waals surface area contributed by atoms with Gasteiger partial charge in [-0.2, -0.15) is 5.10 Å². The van der Waals surface area contributed by atoms with Crippen LogP contribution in [0.5, 0.6) is 0 Å². The first kappa shape index (κ1) is 13.6. The molecule has 4 nitrogen and oxygen atoms in total. The molecule has 0 spiro atoms. The van der Waals surface area contributed by atoms with Crippen molar-refractivity contribution in [3.8, 4) is 0 Å². The van der Waals surface area contributed by atoms with Crippen LogP contribution in [-0.4, -0.2) is 45.5 Å². The van der Waals surface area contributed by atoms with Crippen molar-refractivity contribution in [2.24, 2.45) is 7.05 Å². The van der Waals surface area contributed by atoms with E-state index in [1.54, 1.807) is 0 Å². The van der Waals surface area contributed by atoms with Crippen LogP contribution in [0.25, 0.3) is 0 Å². The minimum atomic E-state index is -0.315. The van der Waals surface area contributed by atoms with E-state index in [0.29, 0.717) is 6.42 Å². The average molecular weight is 251 g/mol. The van der Waals surface area contributed by atoms with E-state index < -0.39 is 0 Å². The molecule has 0 aromatic carbocycles. The Morgan fingerprint density at radius 1 is 1.44 bits per heavy atom. The lowest BCUT2D eigenvalue weighted by atomic mass is 9.86. The quantitative estimate of drug-likeness (QED) is 0.882. The summed E-state index contributed by atoms with van der Waals surface area (Å²) in [6.45, 7) is 1.99. The molecule has 0 radical (unpaired) electrons. The predicted molar refractivity (Wildman–Crippen MR) is 72.5 cm³/mol. The van der Waals surface area contributed by atoms with E-state index in [4.69, 9.17) is 0 Å². The Kier molecular flexibility index (Phi) is 3.78. The van der Waals surface area contributed by atoms with E-state index in [1.807, 2.05) is 18.7 Å². The number of likely N-dealkylation sites (N-methyl/N-ethyl adjacent to an activating group) is 1. The fourth-order valence-electron chi connectivity index (χ4n) is 3.31. The fraction of sp³-hybridized carbons (Fsp3) is 0.786. The number of aromatic nitrogens is 2. The summed E-state index contributed by atoms with van der Waals surface area (Å²) in [6.07, 6.45) is 5.01. The summed E-state index contributed by atoms with van der Waals surface area (Å²) in [7, 11) is 6.12. The predicted octanol–water partition coefficient (Wildman–Crippen LogP) is 1.51. The molecule has 1 aliphatic rings. The summed E-state index contributed by atoms with van der Waals surface area (Å²) in [5.74, 6) is 0. The van der Waals surface area contributed by atoms with Crippen molar-refractivity contribution in [1.82, 2.24) is 14.7 Å². The van der Waals surface area contributed by atoms with Gasteiger partial charge in [0.15, 0.2) is 0 Å². The Morgan fingerprint density at radius 3 is 2.50 bits per heavy atom. The molecular weight excluding hydrogens is 226 g/mol. The molecule has 0 saturated heterocycles. The Bertz CT molecular complexity index is 405. The van der Waals surface area contributed by atoms with E-state index in [9.17, 15) is 5.11 Å². The fourth-order valence-corrected chi connectivity index (χ4v) is 3.31. The third kappa shape index (κ3) is 2.31. The van der Waals surface area contributed by atoms with Crippen LogP contribution >= 0.6 is 0 Å². The van der Waals surface area contributed by atoms with Gasteiger partial charge in [0.2, 0.25) is 0 Å². The lowest BCUT2D eigenvalue weighted by molar-refractivity contribution is -0.00348. The summed E-state index contributed by atoms with van der Waals surface area (Å²) in [6, 6.07) is 2.07. The van der Waals surface area contributed by atoms with Crippen molar-refractivity contribution >= 4 is 0 Å². The van der Waals surface area contributed by atoms with E-state index in [2.05, 4.69) is 30.2 Å². The Labute approximate surface area is 110 Å². The molecule has 1 N–H and O–H groups in total. The van der Waals surface area contributed by atoms with E-state index in [1.165, 1.54) is 12.8 Å². The van der Waals surface area contributed by atoms with Gasteiger partial charge < -0.3 is 10.0 Å².